The van der Waals surface area contributed by atoms with Gasteiger partial charge in [0.1, 0.15) is 0 Å². The Morgan fingerprint density at radius 2 is 1.88 bits per heavy atom. The van der Waals surface area contributed by atoms with Gasteiger partial charge in [-0.15, -0.1) is 0 Å². The summed E-state index contributed by atoms with van der Waals surface area (Å²) in [6.07, 6.45) is 0. The van der Waals surface area contributed by atoms with Gasteiger partial charge < -0.3 is 15.5 Å². The van der Waals surface area contributed by atoms with E-state index in [1.807, 2.05) is 25.1 Å². The van der Waals surface area contributed by atoms with Crippen LogP contribution in [0.1, 0.15) is 19.4 Å². The van der Waals surface area contributed by atoms with E-state index in [4.69, 9.17) is 11.6 Å². The zero-order valence-electron chi connectivity index (χ0n) is 14.4. The molecule has 24 heavy (non-hydrogen) atoms. The second-order valence-electron chi connectivity index (χ2n) is 5.58. The largest absolute Gasteiger partial charge is 0.376 e. The Labute approximate surface area is 148 Å². The van der Waals surface area contributed by atoms with Crippen LogP contribution in [0.15, 0.2) is 42.5 Å². The molecule has 0 fully saturated rings. The fraction of sp³-hybridized carbons (Fsp3) is 0.316. The van der Waals surface area contributed by atoms with E-state index >= 15 is 0 Å². The first-order chi connectivity index (χ1) is 11.5. The van der Waals surface area contributed by atoms with Gasteiger partial charge in [-0.1, -0.05) is 17.7 Å². The van der Waals surface area contributed by atoms with Gasteiger partial charge in [-0.2, -0.15) is 0 Å². The van der Waals surface area contributed by atoms with Crippen molar-refractivity contribution in [2.75, 3.05) is 35.2 Å². The number of hydrogen-bond donors (Lipinski definition) is 2. The lowest BCUT2D eigenvalue weighted by molar-refractivity contribution is -0.114. The first-order valence-electron chi connectivity index (χ1n) is 8.18. The molecule has 128 valence electrons. The number of benzene rings is 2. The molecule has 0 saturated carbocycles. The maximum Gasteiger partial charge on any atom is 0.243 e. The van der Waals surface area contributed by atoms with Crippen LogP contribution in [0.2, 0.25) is 5.02 Å². The topological polar surface area (TPSA) is 44.4 Å². The first-order valence-corrected chi connectivity index (χ1v) is 8.56. The Morgan fingerprint density at radius 1 is 1.12 bits per heavy atom. The SMILES string of the molecule is CCN(CC)c1ccc(NCC(=O)Nc2cccc(Cl)c2)c(C)c1. The molecule has 0 radical (unpaired) electrons. The fourth-order valence-corrected chi connectivity index (χ4v) is 2.77. The lowest BCUT2D eigenvalue weighted by Gasteiger charge is -2.22. The number of nitrogens with one attached hydrogen (secondary N) is 2. The average molecular weight is 346 g/mol. The molecule has 0 atom stereocenters. The summed E-state index contributed by atoms with van der Waals surface area (Å²) in [6, 6.07) is 13.4. The second-order valence-corrected chi connectivity index (χ2v) is 6.02. The van der Waals surface area contributed by atoms with Crippen molar-refractivity contribution in [2.24, 2.45) is 0 Å². The van der Waals surface area contributed by atoms with E-state index in [-0.39, 0.29) is 12.5 Å². The summed E-state index contributed by atoms with van der Waals surface area (Å²) in [7, 11) is 0. The van der Waals surface area contributed by atoms with Gasteiger partial charge in [0.05, 0.1) is 6.54 Å². The van der Waals surface area contributed by atoms with Crippen molar-refractivity contribution in [2.45, 2.75) is 20.8 Å². The first kappa shape index (κ1) is 18.1. The zero-order chi connectivity index (χ0) is 17.5. The van der Waals surface area contributed by atoms with Crippen molar-refractivity contribution in [1.29, 1.82) is 0 Å². The van der Waals surface area contributed by atoms with E-state index in [0.717, 1.165) is 24.3 Å². The molecule has 0 saturated heterocycles. The van der Waals surface area contributed by atoms with E-state index < -0.39 is 0 Å². The summed E-state index contributed by atoms with van der Waals surface area (Å²) in [5.74, 6) is -0.107. The number of anilines is 3. The predicted molar refractivity (Wildman–Crippen MR) is 103 cm³/mol. The Bertz CT molecular complexity index is 699. The lowest BCUT2D eigenvalue weighted by atomic mass is 10.1. The number of hydrogen-bond acceptors (Lipinski definition) is 3. The maximum absolute atomic E-state index is 12.1. The van der Waals surface area contributed by atoms with Crippen LogP contribution in [-0.2, 0) is 4.79 Å². The normalized spacial score (nSPS) is 10.3. The monoisotopic (exact) mass is 345 g/mol. The van der Waals surface area contributed by atoms with Gasteiger partial charge in [-0.25, -0.2) is 0 Å². The molecule has 0 aromatic heterocycles. The van der Waals surface area contributed by atoms with Crippen molar-refractivity contribution in [3.05, 3.63) is 53.1 Å². The number of nitrogens with zero attached hydrogens (tertiary/aromatic N) is 1. The highest BCUT2D eigenvalue weighted by Gasteiger charge is 2.07. The molecule has 2 aromatic carbocycles. The predicted octanol–water partition coefficient (Wildman–Crippen LogP) is 4.55. The molecule has 2 rings (SSSR count). The summed E-state index contributed by atoms with van der Waals surface area (Å²) < 4.78 is 0. The minimum Gasteiger partial charge on any atom is -0.376 e. The number of halogens is 1. The molecule has 0 heterocycles. The molecule has 2 aromatic rings. The molecular weight excluding hydrogens is 322 g/mol. The molecule has 0 aliphatic rings. The van der Waals surface area contributed by atoms with E-state index in [0.29, 0.717) is 10.7 Å². The van der Waals surface area contributed by atoms with E-state index in [9.17, 15) is 4.79 Å². The summed E-state index contributed by atoms with van der Waals surface area (Å²) in [5, 5.41) is 6.61. The van der Waals surface area contributed by atoms with Crippen molar-refractivity contribution in [3.8, 4) is 0 Å². The molecule has 4 nitrogen and oxygen atoms in total. The van der Waals surface area contributed by atoms with E-state index in [1.54, 1.807) is 12.1 Å². The highest BCUT2D eigenvalue weighted by atomic mass is 35.5. The third-order valence-corrected chi connectivity index (χ3v) is 4.12. The fourth-order valence-electron chi connectivity index (χ4n) is 2.58. The Hall–Kier alpha value is -2.20. The summed E-state index contributed by atoms with van der Waals surface area (Å²) in [5.41, 5.74) is 3.98. The van der Waals surface area contributed by atoms with E-state index in [1.165, 1.54) is 5.69 Å². The van der Waals surface area contributed by atoms with Gasteiger partial charge >= 0.3 is 0 Å². The van der Waals surface area contributed by atoms with Crippen LogP contribution in [0, 0.1) is 6.92 Å². The Kier molecular flexibility index (Phi) is 6.50. The molecule has 2 N–H and O–H groups in total. The van der Waals surface area contributed by atoms with Gasteiger partial charge in [0.15, 0.2) is 0 Å². The van der Waals surface area contributed by atoms with Crippen LogP contribution in [-0.4, -0.2) is 25.5 Å². The van der Waals surface area contributed by atoms with E-state index in [2.05, 4.69) is 41.5 Å². The standard InChI is InChI=1S/C19H24ClN3O/c1-4-23(5-2)17-9-10-18(14(3)11-17)21-13-19(24)22-16-8-6-7-15(20)12-16/h6-12,21H,4-5,13H2,1-3H3,(H,22,24). The molecule has 5 heteroatoms. The van der Waals surface area contributed by atoms with Crippen LogP contribution in [0.4, 0.5) is 17.1 Å². The number of carbonyl (C=O) groups excluding carboxylic acids is 1. The Balaban J connectivity index is 1.95. The smallest absolute Gasteiger partial charge is 0.243 e. The number of rotatable bonds is 7. The molecule has 0 spiro atoms. The third kappa shape index (κ3) is 4.90. The summed E-state index contributed by atoms with van der Waals surface area (Å²) in [6.45, 7) is 8.49. The van der Waals surface area contributed by atoms with Crippen LogP contribution < -0.4 is 15.5 Å². The van der Waals surface area contributed by atoms with Crippen LogP contribution in [0.3, 0.4) is 0 Å². The maximum atomic E-state index is 12.1. The number of aryl methyl sites for hydroxylation is 1. The highest BCUT2D eigenvalue weighted by Crippen LogP contribution is 2.22. The average Bonchev–Trinajstić information content (AvgIpc) is 2.55. The molecular formula is C19H24ClN3O. The molecule has 0 aliphatic carbocycles. The molecule has 0 aliphatic heterocycles. The quantitative estimate of drug-likeness (QED) is 0.774. The molecule has 0 unspecified atom stereocenters. The van der Waals surface area contributed by atoms with Gasteiger partial charge in [0, 0.05) is 35.2 Å². The Morgan fingerprint density at radius 3 is 2.50 bits per heavy atom. The van der Waals surface area contributed by atoms with Crippen LogP contribution >= 0.6 is 11.6 Å². The van der Waals surface area contributed by atoms with Crippen molar-refractivity contribution in [1.82, 2.24) is 0 Å². The number of carbonyl (C=O) groups is 1. The van der Waals surface area contributed by atoms with Crippen molar-refractivity contribution in [3.63, 3.8) is 0 Å². The summed E-state index contributed by atoms with van der Waals surface area (Å²) >= 11 is 5.92. The molecule has 1 amide bonds. The minimum absolute atomic E-state index is 0.107. The highest BCUT2D eigenvalue weighted by molar-refractivity contribution is 6.30. The second kappa shape index (κ2) is 8.60. The zero-order valence-corrected chi connectivity index (χ0v) is 15.2. The van der Waals surface area contributed by atoms with Crippen LogP contribution in [0.25, 0.3) is 0 Å². The van der Waals surface area contributed by atoms with Gasteiger partial charge in [0.2, 0.25) is 5.91 Å². The lowest BCUT2D eigenvalue weighted by Crippen LogP contribution is -2.23. The third-order valence-electron chi connectivity index (χ3n) is 3.89. The van der Waals surface area contributed by atoms with Gasteiger partial charge in [-0.05, 0) is 62.7 Å². The minimum atomic E-state index is -0.107. The van der Waals surface area contributed by atoms with Gasteiger partial charge in [-0.3, -0.25) is 4.79 Å². The van der Waals surface area contributed by atoms with Crippen LogP contribution in [0.5, 0.6) is 0 Å². The van der Waals surface area contributed by atoms with Crippen molar-refractivity contribution < 1.29 is 4.79 Å². The van der Waals surface area contributed by atoms with Gasteiger partial charge in [0.25, 0.3) is 0 Å². The number of amides is 1. The van der Waals surface area contributed by atoms with Crippen molar-refractivity contribution >= 4 is 34.6 Å². The summed E-state index contributed by atoms with van der Waals surface area (Å²) in [4.78, 5) is 14.3. The molecule has 0 bridgehead atoms.